The van der Waals surface area contributed by atoms with Crippen LogP contribution in [-0.2, 0) is 17.9 Å². The number of rotatable bonds is 6. The minimum absolute atomic E-state index is 0.173. The van der Waals surface area contributed by atoms with Gasteiger partial charge in [0.1, 0.15) is 18.7 Å². The third-order valence-electron chi connectivity index (χ3n) is 3.50. The van der Waals surface area contributed by atoms with Crippen molar-refractivity contribution in [2.75, 3.05) is 0 Å². The number of nitrogens with one attached hydrogen (secondary N) is 2. The lowest BCUT2D eigenvalue weighted by molar-refractivity contribution is -0.122. The molecule has 9 heteroatoms. The lowest BCUT2D eigenvalue weighted by Crippen LogP contribution is -2.38. The largest absolute Gasteiger partial charge is 0.345 e. The highest BCUT2D eigenvalue weighted by molar-refractivity contribution is 5.76. The molecule has 0 aliphatic heterocycles. The van der Waals surface area contributed by atoms with Crippen molar-refractivity contribution in [3.05, 3.63) is 44.8 Å². The smallest absolute Gasteiger partial charge is 0.328 e. The van der Waals surface area contributed by atoms with E-state index in [4.69, 9.17) is 0 Å². The van der Waals surface area contributed by atoms with Crippen molar-refractivity contribution < 1.29 is 4.79 Å². The fraction of sp³-hybridized carbons (Fsp3) is 0.500. The molecule has 2 aromatic rings. The molecule has 0 aliphatic carbocycles. The Morgan fingerprint density at radius 1 is 1.39 bits per heavy atom. The number of hydrogen-bond acceptors (Lipinski definition) is 5. The van der Waals surface area contributed by atoms with Gasteiger partial charge in [0.2, 0.25) is 5.91 Å². The second kappa shape index (κ2) is 7.03. The average molecular weight is 320 g/mol. The summed E-state index contributed by atoms with van der Waals surface area (Å²) in [7, 11) is 0. The van der Waals surface area contributed by atoms with Crippen LogP contribution in [0.5, 0.6) is 0 Å². The minimum Gasteiger partial charge on any atom is -0.345 e. The van der Waals surface area contributed by atoms with Crippen molar-refractivity contribution in [2.24, 2.45) is 0 Å². The first-order valence-corrected chi connectivity index (χ1v) is 7.43. The number of H-pyrrole nitrogens is 1. The van der Waals surface area contributed by atoms with Crippen molar-refractivity contribution in [3.8, 4) is 0 Å². The summed E-state index contributed by atoms with van der Waals surface area (Å²) < 4.78 is 2.88. The summed E-state index contributed by atoms with van der Waals surface area (Å²) in [5.41, 5.74) is -0.690. The summed E-state index contributed by atoms with van der Waals surface area (Å²) in [6, 6.07) is -0.287. The maximum Gasteiger partial charge on any atom is 0.328 e. The Morgan fingerprint density at radius 2 is 2.13 bits per heavy atom. The van der Waals surface area contributed by atoms with Crippen LogP contribution in [0.1, 0.15) is 37.7 Å². The molecule has 0 saturated carbocycles. The summed E-state index contributed by atoms with van der Waals surface area (Å²) in [6.45, 7) is 5.92. The normalized spacial score (nSPS) is 12.1. The Labute approximate surface area is 132 Å². The van der Waals surface area contributed by atoms with E-state index in [0.717, 1.165) is 0 Å². The van der Waals surface area contributed by atoms with Gasteiger partial charge in [-0.3, -0.25) is 19.1 Å². The number of nitrogens with zero attached hydrogens (tertiary/aromatic N) is 4. The van der Waals surface area contributed by atoms with Crippen molar-refractivity contribution in [2.45, 2.75) is 46.3 Å². The van der Waals surface area contributed by atoms with Gasteiger partial charge in [0, 0.05) is 18.3 Å². The van der Waals surface area contributed by atoms with Crippen molar-refractivity contribution >= 4 is 5.91 Å². The van der Waals surface area contributed by atoms with E-state index < -0.39 is 11.2 Å². The van der Waals surface area contributed by atoms with Crippen LogP contribution in [0.25, 0.3) is 0 Å². The molecule has 0 bridgehead atoms. The summed E-state index contributed by atoms with van der Waals surface area (Å²) in [6.07, 6.45) is 3.46. The molecule has 0 spiro atoms. The number of carbonyl (C=O) groups is 1. The second-order valence-electron chi connectivity index (χ2n) is 5.16. The van der Waals surface area contributed by atoms with E-state index >= 15 is 0 Å². The van der Waals surface area contributed by atoms with E-state index in [9.17, 15) is 14.4 Å². The molecule has 2 aromatic heterocycles. The monoisotopic (exact) mass is 320 g/mol. The summed E-state index contributed by atoms with van der Waals surface area (Å²) in [4.78, 5) is 41.6. The molecule has 0 unspecified atom stereocenters. The van der Waals surface area contributed by atoms with E-state index in [-0.39, 0.29) is 18.5 Å². The third kappa shape index (κ3) is 3.74. The maximum absolute atomic E-state index is 12.2. The van der Waals surface area contributed by atoms with Gasteiger partial charge >= 0.3 is 5.69 Å². The van der Waals surface area contributed by atoms with Crippen LogP contribution in [0.15, 0.2) is 22.1 Å². The number of aryl methyl sites for hydroxylation is 2. The molecular weight excluding hydrogens is 300 g/mol. The Kier molecular flexibility index (Phi) is 5.09. The van der Waals surface area contributed by atoms with Crippen molar-refractivity contribution in [3.63, 3.8) is 0 Å². The first kappa shape index (κ1) is 16.7. The van der Waals surface area contributed by atoms with Gasteiger partial charge in [-0.05, 0) is 20.3 Å². The lowest BCUT2D eigenvalue weighted by atomic mass is 10.2. The van der Waals surface area contributed by atoms with Crippen molar-refractivity contribution in [1.29, 1.82) is 0 Å². The molecule has 0 radical (unpaired) electrons. The predicted molar refractivity (Wildman–Crippen MR) is 82.9 cm³/mol. The highest BCUT2D eigenvalue weighted by Crippen LogP contribution is 2.13. The summed E-state index contributed by atoms with van der Waals surface area (Å²) >= 11 is 0. The van der Waals surface area contributed by atoms with Gasteiger partial charge in [-0.25, -0.2) is 14.5 Å². The summed E-state index contributed by atoms with van der Waals surface area (Å²) in [5.74, 6) is 0.337. The van der Waals surface area contributed by atoms with Gasteiger partial charge in [-0.1, -0.05) is 6.92 Å². The molecule has 9 nitrogen and oxygen atoms in total. The molecule has 0 aromatic carbocycles. The quantitative estimate of drug-likeness (QED) is 0.760. The number of aromatic nitrogens is 5. The predicted octanol–water partition coefficient (Wildman–Crippen LogP) is -0.276. The van der Waals surface area contributed by atoms with Crippen LogP contribution in [-0.4, -0.2) is 30.2 Å². The molecule has 2 N–H and O–H groups in total. The van der Waals surface area contributed by atoms with E-state index in [2.05, 4.69) is 20.4 Å². The number of amides is 1. The zero-order chi connectivity index (χ0) is 17.0. The van der Waals surface area contributed by atoms with Crippen LogP contribution in [0, 0.1) is 6.92 Å². The van der Waals surface area contributed by atoms with Crippen LogP contribution < -0.4 is 16.6 Å². The van der Waals surface area contributed by atoms with Gasteiger partial charge in [0.05, 0.1) is 6.04 Å². The van der Waals surface area contributed by atoms with Gasteiger partial charge in [0.15, 0.2) is 0 Å². The highest BCUT2D eigenvalue weighted by atomic mass is 16.2. The standard InChI is InChI=1S/C14H20N6O3/c1-4-10(12-15-8-16-20(12)5-2)17-11(21)7-19-6-9(3)13(22)18-14(19)23/h6,8,10H,4-5,7H2,1-3H3,(H,17,21)(H,18,22,23)/t10-/m0/s1. The molecule has 1 atom stereocenters. The topological polar surface area (TPSA) is 115 Å². The van der Waals surface area contributed by atoms with Gasteiger partial charge in [0.25, 0.3) is 5.56 Å². The zero-order valence-corrected chi connectivity index (χ0v) is 13.4. The van der Waals surface area contributed by atoms with E-state index in [1.807, 2.05) is 13.8 Å². The third-order valence-corrected chi connectivity index (χ3v) is 3.50. The Bertz CT molecular complexity index is 803. The maximum atomic E-state index is 12.2. The molecule has 1 amide bonds. The van der Waals surface area contributed by atoms with Crippen molar-refractivity contribution in [1.82, 2.24) is 29.6 Å². The molecule has 2 heterocycles. The van der Waals surface area contributed by atoms with E-state index in [0.29, 0.717) is 24.4 Å². The molecule has 23 heavy (non-hydrogen) atoms. The SMILES string of the molecule is CC[C@H](NC(=O)Cn1cc(C)c(=O)[nH]c1=O)c1ncnn1CC. The van der Waals surface area contributed by atoms with Crippen LogP contribution >= 0.6 is 0 Å². The van der Waals surface area contributed by atoms with Gasteiger partial charge < -0.3 is 5.32 Å². The van der Waals surface area contributed by atoms with E-state index in [1.165, 1.54) is 17.1 Å². The average Bonchev–Trinajstić information content (AvgIpc) is 2.98. The Balaban J connectivity index is 2.14. The molecule has 0 aliphatic rings. The second-order valence-corrected chi connectivity index (χ2v) is 5.16. The molecular formula is C14H20N6O3. The number of aromatic amines is 1. The van der Waals surface area contributed by atoms with Gasteiger partial charge in [-0.2, -0.15) is 5.10 Å². The number of hydrogen-bond donors (Lipinski definition) is 2. The first-order valence-electron chi connectivity index (χ1n) is 7.43. The highest BCUT2D eigenvalue weighted by Gasteiger charge is 2.18. The van der Waals surface area contributed by atoms with Gasteiger partial charge in [-0.15, -0.1) is 0 Å². The Hall–Kier alpha value is -2.71. The summed E-state index contributed by atoms with van der Waals surface area (Å²) in [5, 5.41) is 6.93. The van der Waals surface area contributed by atoms with E-state index in [1.54, 1.807) is 11.6 Å². The molecule has 2 rings (SSSR count). The Morgan fingerprint density at radius 3 is 2.78 bits per heavy atom. The lowest BCUT2D eigenvalue weighted by Gasteiger charge is -2.17. The van der Waals surface area contributed by atoms with Crippen LogP contribution in [0.3, 0.4) is 0 Å². The molecule has 0 saturated heterocycles. The minimum atomic E-state index is -0.611. The van der Waals surface area contributed by atoms with Crippen LogP contribution in [0.4, 0.5) is 0 Å². The fourth-order valence-electron chi connectivity index (χ4n) is 2.27. The van der Waals surface area contributed by atoms with Crippen LogP contribution in [0.2, 0.25) is 0 Å². The first-order chi connectivity index (χ1) is 11.0. The molecule has 0 fully saturated rings. The molecule has 124 valence electrons. The zero-order valence-electron chi connectivity index (χ0n) is 13.4. The fourth-order valence-corrected chi connectivity index (χ4v) is 2.27. The number of carbonyl (C=O) groups excluding carboxylic acids is 1.